The van der Waals surface area contributed by atoms with Crippen LogP contribution in [0.25, 0.3) is 0 Å². The van der Waals surface area contributed by atoms with Crippen LogP contribution < -0.4 is 11.1 Å². The number of nitrogens with two attached hydrogens (primary N) is 1. The summed E-state index contributed by atoms with van der Waals surface area (Å²) in [5, 5.41) is 2.94. The summed E-state index contributed by atoms with van der Waals surface area (Å²) in [6.07, 6.45) is 6.89. The molecule has 5 heteroatoms. The van der Waals surface area contributed by atoms with Gasteiger partial charge in [-0.25, -0.2) is 4.39 Å². The molecule has 1 fully saturated rings. The number of benzene rings is 1. The molecular weight excluding hydrogens is 303 g/mol. The van der Waals surface area contributed by atoms with Gasteiger partial charge in [0.25, 0.3) is 0 Å². The lowest BCUT2D eigenvalue weighted by Gasteiger charge is -2.35. The largest absolute Gasteiger partial charge is 0.356 e. The summed E-state index contributed by atoms with van der Waals surface area (Å²) in [5.74, 6) is -0.165. The fourth-order valence-electron chi connectivity index (χ4n) is 3.20. The Morgan fingerprint density at radius 1 is 1.27 bits per heavy atom. The highest BCUT2D eigenvalue weighted by Crippen LogP contribution is 2.38. The van der Waals surface area contributed by atoms with Gasteiger partial charge in [0, 0.05) is 13.0 Å². The maximum Gasteiger partial charge on any atom is 0.220 e. The maximum absolute atomic E-state index is 13.1. The van der Waals surface area contributed by atoms with E-state index in [9.17, 15) is 9.18 Å². The van der Waals surface area contributed by atoms with Crippen LogP contribution in [-0.4, -0.2) is 19.0 Å². The van der Waals surface area contributed by atoms with Gasteiger partial charge in [0.15, 0.2) is 0 Å². The van der Waals surface area contributed by atoms with Gasteiger partial charge in [0.1, 0.15) is 5.82 Å². The average molecular weight is 329 g/mol. The van der Waals surface area contributed by atoms with Crippen LogP contribution in [0.5, 0.6) is 0 Å². The Labute approximate surface area is 138 Å². The van der Waals surface area contributed by atoms with E-state index in [1.165, 1.54) is 31.4 Å². The van der Waals surface area contributed by atoms with E-state index < -0.39 is 0 Å². The van der Waals surface area contributed by atoms with E-state index in [-0.39, 0.29) is 29.5 Å². The highest BCUT2D eigenvalue weighted by Gasteiger charge is 2.32. The van der Waals surface area contributed by atoms with Crippen LogP contribution >= 0.6 is 12.4 Å². The highest BCUT2D eigenvalue weighted by molar-refractivity contribution is 5.85. The van der Waals surface area contributed by atoms with Crippen molar-refractivity contribution in [1.82, 2.24) is 5.32 Å². The summed E-state index contributed by atoms with van der Waals surface area (Å²) in [4.78, 5) is 12.1. The van der Waals surface area contributed by atoms with E-state index >= 15 is 0 Å². The monoisotopic (exact) mass is 328 g/mol. The summed E-state index contributed by atoms with van der Waals surface area (Å²) < 4.78 is 13.1. The molecule has 0 aliphatic heterocycles. The molecule has 1 aromatic rings. The van der Waals surface area contributed by atoms with E-state index in [1.54, 1.807) is 6.07 Å². The predicted molar refractivity (Wildman–Crippen MR) is 89.6 cm³/mol. The van der Waals surface area contributed by atoms with E-state index in [2.05, 4.69) is 5.32 Å². The van der Waals surface area contributed by atoms with Crippen LogP contribution in [-0.2, 0) is 11.2 Å². The molecule has 0 spiro atoms. The van der Waals surface area contributed by atoms with Crippen LogP contribution in [0.1, 0.15) is 44.1 Å². The zero-order chi connectivity index (χ0) is 15.1. The lowest BCUT2D eigenvalue weighted by molar-refractivity contribution is -0.123. The maximum atomic E-state index is 13.1. The minimum atomic E-state index is -0.233. The number of carbonyl (C=O) groups excluding carboxylic acids is 1. The molecule has 124 valence electrons. The van der Waals surface area contributed by atoms with Gasteiger partial charge in [-0.2, -0.15) is 0 Å². The van der Waals surface area contributed by atoms with Crippen LogP contribution in [0, 0.1) is 11.2 Å². The van der Waals surface area contributed by atoms with Gasteiger partial charge in [-0.3, -0.25) is 4.79 Å². The lowest BCUT2D eigenvalue weighted by atomic mass is 9.71. The molecule has 3 nitrogen and oxygen atoms in total. The molecule has 0 atom stereocenters. The van der Waals surface area contributed by atoms with Crippen molar-refractivity contribution in [3.63, 3.8) is 0 Å². The highest BCUT2D eigenvalue weighted by atomic mass is 35.5. The number of amides is 1. The third-order valence-electron chi connectivity index (χ3n) is 4.51. The predicted octanol–water partition coefficient (Wildman–Crippen LogP) is 3.21. The normalized spacial score (nSPS) is 16.6. The van der Waals surface area contributed by atoms with Crippen LogP contribution in [0.4, 0.5) is 4.39 Å². The molecule has 0 unspecified atom stereocenters. The number of carbonyl (C=O) groups is 1. The van der Waals surface area contributed by atoms with E-state index in [4.69, 9.17) is 5.73 Å². The van der Waals surface area contributed by atoms with Gasteiger partial charge < -0.3 is 11.1 Å². The van der Waals surface area contributed by atoms with Crippen LogP contribution in [0.2, 0.25) is 0 Å². The average Bonchev–Trinajstić information content (AvgIpc) is 2.48. The molecule has 0 radical (unpaired) electrons. The molecule has 1 aromatic carbocycles. The Balaban J connectivity index is 0.00000242. The van der Waals surface area contributed by atoms with Gasteiger partial charge >= 0.3 is 0 Å². The topological polar surface area (TPSA) is 55.1 Å². The number of hydrogen-bond acceptors (Lipinski definition) is 2. The lowest BCUT2D eigenvalue weighted by Crippen LogP contribution is -2.39. The van der Waals surface area contributed by atoms with Crippen molar-refractivity contribution in [2.75, 3.05) is 13.1 Å². The summed E-state index contributed by atoms with van der Waals surface area (Å²) in [6, 6.07) is 6.50. The van der Waals surface area contributed by atoms with Crippen molar-refractivity contribution in [3.8, 4) is 0 Å². The fourth-order valence-corrected chi connectivity index (χ4v) is 3.20. The molecule has 1 aliphatic carbocycles. The standard InChI is InChI=1S/C17H25FN2O.ClH/c18-15-6-4-5-14(11-15)7-10-20-16(21)12-17(13-19)8-2-1-3-9-17;/h4-6,11H,1-3,7-10,12-13,19H2,(H,20,21);1H. The summed E-state index contributed by atoms with van der Waals surface area (Å²) in [7, 11) is 0. The quantitative estimate of drug-likeness (QED) is 0.842. The second kappa shape index (κ2) is 9.11. The van der Waals surface area contributed by atoms with Gasteiger partial charge in [-0.15, -0.1) is 12.4 Å². The van der Waals surface area contributed by atoms with E-state index in [0.717, 1.165) is 18.4 Å². The SMILES string of the molecule is Cl.NCC1(CC(=O)NCCc2cccc(F)c2)CCCCC1. The summed E-state index contributed by atoms with van der Waals surface area (Å²) in [5.41, 5.74) is 6.81. The zero-order valence-electron chi connectivity index (χ0n) is 12.9. The van der Waals surface area contributed by atoms with Crippen molar-refractivity contribution in [2.45, 2.75) is 44.9 Å². The molecule has 22 heavy (non-hydrogen) atoms. The molecule has 0 saturated heterocycles. The first-order valence-electron chi connectivity index (χ1n) is 7.85. The van der Waals surface area contributed by atoms with Crippen molar-refractivity contribution in [2.24, 2.45) is 11.1 Å². The first-order valence-corrected chi connectivity index (χ1v) is 7.85. The molecule has 0 bridgehead atoms. The van der Waals surface area contributed by atoms with Crippen molar-refractivity contribution in [3.05, 3.63) is 35.6 Å². The summed E-state index contributed by atoms with van der Waals surface area (Å²) in [6.45, 7) is 1.13. The fraction of sp³-hybridized carbons (Fsp3) is 0.588. The zero-order valence-corrected chi connectivity index (χ0v) is 13.8. The minimum absolute atomic E-state index is 0. The Hall–Kier alpha value is -1.13. The molecule has 0 heterocycles. The first-order chi connectivity index (χ1) is 10.1. The van der Waals surface area contributed by atoms with E-state index in [0.29, 0.717) is 25.9 Å². The Bertz CT molecular complexity index is 475. The number of nitrogens with one attached hydrogen (secondary N) is 1. The molecule has 1 saturated carbocycles. The van der Waals surface area contributed by atoms with Crippen molar-refractivity contribution < 1.29 is 9.18 Å². The smallest absolute Gasteiger partial charge is 0.220 e. The minimum Gasteiger partial charge on any atom is -0.356 e. The molecule has 0 aromatic heterocycles. The second-order valence-corrected chi connectivity index (χ2v) is 6.17. The molecule has 1 aliphatic rings. The Morgan fingerprint density at radius 3 is 2.64 bits per heavy atom. The number of halogens is 2. The Kier molecular flexibility index (Phi) is 7.83. The molecule has 3 N–H and O–H groups in total. The van der Waals surface area contributed by atoms with Crippen molar-refractivity contribution in [1.29, 1.82) is 0 Å². The third kappa shape index (κ3) is 5.58. The van der Waals surface area contributed by atoms with E-state index in [1.807, 2.05) is 6.07 Å². The van der Waals surface area contributed by atoms with Crippen molar-refractivity contribution >= 4 is 18.3 Å². The molecule has 1 amide bonds. The summed E-state index contributed by atoms with van der Waals surface area (Å²) >= 11 is 0. The molecular formula is C17H26ClFN2O. The third-order valence-corrected chi connectivity index (χ3v) is 4.51. The first kappa shape index (κ1) is 18.9. The van der Waals surface area contributed by atoms with Gasteiger partial charge in [0.05, 0.1) is 0 Å². The van der Waals surface area contributed by atoms with Crippen LogP contribution in [0.3, 0.4) is 0 Å². The second-order valence-electron chi connectivity index (χ2n) is 6.17. The van der Waals surface area contributed by atoms with Gasteiger partial charge in [-0.05, 0) is 48.9 Å². The van der Waals surface area contributed by atoms with Gasteiger partial charge in [0.2, 0.25) is 5.91 Å². The van der Waals surface area contributed by atoms with Gasteiger partial charge in [-0.1, -0.05) is 31.4 Å². The Morgan fingerprint density at radius 2 is 2.00 bits per heavy atom. The number of hydrogen-bond donors (Lipinski definition) is 2. The van der Waals surface area contributed by atoms with Crippen LogP contribution in [0.15, 0.2) is 24.3 Å². The number of rotatable bonds is 6. The molecule has 2 rings (SSSR count).